The van der Waals surface area contributed by atoms with Crippen LogP contribution in [0.3, 0.4) is 0 Å². The van der Waals surface area contributed by atoms with E-state index in [1.54, 1.807) is 10.6 Å². The van der Waals surface area contributed by atoms with Gasteiger partial charge in [-0.05, 0) is 18.9 Å². The molecule has 2 rings (SSSR count). The third-order valence-corrected chi connectivity index (χ3v) is 4.34. The second-order valence-corrected chi connectivity index (χ2v) is 7.00. The van der Waals surface area contributed by atoms with Gasteiger partial charge in [-0.25, -0.2) is 14.8 Å². The molecule has 0 bridgehead atoms. The topological polar surface area (TPSA) is 68.0 Å². The monoisotopic (exact) mass is 323 g/mol. The number of hydrogen-bond donors (Lipinski definition) is 1. The van der Waals surface area contributed by atoms with E-state index in [2.05, 4.69) is 9.97 Å². The predicted molar refractivity (Wildman–Crippen MR) is 87.4 cm³/mol. The summed E-state index contributed by atoms with van der Waals surface area (Å²) in [6, 6.07) is 1.73. The fourth-order valence-corrected chi connectivity index (χ4v) is 2.97. The van der Waals surface area contributed by atoms with Crippen molar-refractivity contribution in [1.82, 2.24) is 14.5 Å². The lowest BCUT2D eigenvalue weighted by Crippen LogP contribution is -2.43. The zero-order chi connectivity index (χ0) is 16.7. The number of aromatic nitrogens is 3. The number of carbonyl (C=O) groups is 1. The first-order valence-corrected chi connectivity index (χ1v) is 7.83. The Bertz CT molecular complexity index is 712. The highest BCUT2D eigenvalue weighted by atomic mass is 35.5. The van der Waals surface area contributed by atoms with E-state index in [4.69, 9.17) is 11.6 Å². The Morgan fingerprint density at radius 2 is 1.91 bits per heavy atom. The molecule has 0 amide bonds. The average molecular weight is 324 g/mol. The number of nitrogens with zero attached hydrogens (tertiary/aromatic N) is 3. The summed E-state index contributed by atoms with van der Waals surface area (Å²) in [4.78, 5) is 21.1. The Balaban J connectivity index is 2.93. The van der Waals surface area contributed by atoms with E-state index in [1.807, 2.05) is 34.6 Å². The quantitative estimate of drug-likeness (QED) is 0.924. The molecule has 0 saturated carbocycles. The molecule has 0 spiro atoms. The number of rotatable bonds is 4. The van der Waals surface area contributed by atoms with Gasteiger partial charge in [0.05, 0.1) is 5.02 Å². The maximum atomic E-state index is 12.1. The molecular formula is C16H22ClN3O2. The lowest BCUT2D eigenvalue weighted by atomic mass is 9.89. The van der Waals surface area contributed by atoms with Crippen LogP contribution in [0.1, 0.15) is 53.3 Å². The maximum absolute atomic E-state index is 12.1. The molecule has 0 aromatic carbocycles. The van der Waals surface area contributed by atoms with Crippen LogP contribution in [-0.2, 0) is 15.7 Å². The highest BCUT2D eigenvalue weighted by Crippen LogP contribution is 2.36. The number of fused-ring (bicyclic) bond motifs is 1. The summed E-state index contributed by atoms with van der Waals surface area (Å²) in [7, 11) is 0. The van der Waals surface area contributed by atoms with Crippen molar-refractivity contribution in [2.45, 2.75) is 58.4 Å². The Hall–Kier alpha value is -1.62. The van der Waals surface area contributed by atoms with E-state index in [1.165, 1.54) is 6.20 Å². The smallest absolute Gasteiger partial charge is 0.329 e. The molecule has 1 N–H and O–H groups in total. The molecule has 0 saturated heterocycles. The van der Waals surface area contributed by atoms with E-state index in [9.17, 15) is 9.90 Å². The summed E-state index contributed by atoms with van der Waals surface area (Å²) in [6.07, 6.45) is 2.45. The van der Waals surface area contributed by atoms with Crippen molar-refractivity contribution in [1.29, 1.82) is 0 Å². The summed E-state index contributed by atoms with van der Waals surface area (Å²) in [5.74, 6) is -0.151. The van der Waals surface area contributed by atoms with Crippen LogP contribution in [-0.4, -0.2) is 25.6 Å². The van der Waals surface area contributed by atoms with Gasteiger partial charge in [0.25, 0.3) is 0 Å². The normalized spacial score (nSPS) is 12.8. The number of hydrogen-bond acceptors (Lipinski definition) is 3. The van der Waals surface area contributed by atoms with Crippen LogP contribution >= 0.6 is 11.6 Å². The molecule has 0 aliphatic carbocycles. The van der Waals surface area contributed by atoms with Gasteiger partial charge < -0.3 is 5.11 Å². The van der Waals surface area contributed by atoms with Gasteiger partial charge in [0.1, 0.15) is 16.9 Å². The number of aliphatic carboxylic acids is 1. The molecule has 2 aromatic rings. The number of imidazole rings is 1. The van der Waals surface area contributed by atoms with Gasteiger partial charge in [-0.3, -0.25) is 4.57 Å². The molecule has 0 fully saturated rings. The Morgan fingerprint density at radius 1 is 1.32 bits per heavy atom. The first kappa shape index (κ1) is 16.7. The number of pyridine rings is 1. The Morgan fingerprint density at radius 3 is 2.36 bits per heavy atom. The van der Waals surface area contributed by atoms with Crippen molar-refractivity contribution in [3.05, 3.63) is 23.1 Å². The van der Waals surface area contributed by atoms with Crippen LogP contribution < -0.4 is 0 Å². The first-order valence-electron chi connectivity index (χ1n) is 7.45. The van der Waals surface area contributed by atoms with Crippen molar-refractivity contribution in [2.75, 3.05) is 0 Å². The fraction of sp³-hybridized carbons (Fsp3) is 0.562. The van der Waals surface area contributed by atoms with Crippen LogP contribution in [0, 0.1) is 0 Å². The molecule has 0 unspecified atom stereocenters. The van der Waals surface area contributed by atoms with Crippen LogP contribution in [0.5, 0.6) is 0 Å². The minimum atomic E-state index is -1.06. The average Bonchev–Trinajstić information content (AvgIpc) is 2.80. The van der Waals surface area contributed by atoms with Gasteiger partial charge in [-0.2, -0.15) is 0 Å². The minimum absolute atomic E-state index is 0.307. The van der Waals surface area contributed by atoms with Crippen LogP contribution in [0.15, 0.2) is 12.3 Å². The summed E-state index contributed by atoms with van der Waals surface area (Å²) < 4.78 is 1.79. The zero-order valence-corrected chi connectivity index (χ0v) is 14.4. The Kier molecular flexibility index (Phi) is 4.22. The van der Waals surface area contributed by atoms with Crippen molar-refractivity contribution >= 4 is 28.7 Å². The molecule has 0 aliphatic heterocycles. The van der Waals surface area contributed by atoms with E-state index < -0.39 is 11.5 Å². The van der Waals surface area contributed by atoms with Crippen LogP contribution in [0.4, 0.5) is 0 Å². The number of carboxylic acids is 1. The molecule has 6 heteroatoms. The van der Waals surface area contributed by atoms with E-state index in [0.29, 0.717) is 34.9 Å². The molecular weight excluding hydrogens is 302 g/mol. The fourth-order valence-electron chi connectivity index (χ4n) is 2.81. The summed E-state index contributed by atoms with van der Waals surface area (Å²) in [5.41, 5.74) is -0.165. The van der Waals surface area contributed by atoms with Gasteiger partial charge in [-0.1, -0.05) is 46.2 Å². The Labute approximate surface area is 135 Å². The highest BCUT2D eigenvalue weighted by Gasteiger charge is 2.42. The van der Waals surface area contributed by atoms with E-state index >= 15 is 0 Å². The summed E-state index contributed by atoms with van der Waals surface area (Å²) in [5, 5.41) is 10.4. The number of carboxylic acid groups (broad SMARTS) is 1. The second-order valence-electron chi connectivity index (χ2n) is 6.56. The molecule has 0 atom stereocenters. The SMILES string of the molecule is CCC(CC)(C(=O)O)n1c(C(C)(C)C)nc2cc(Cl)cnc21. The van der Waals surface area contributed by atoms with Gasteiger partial charge in [0.2, 0.25) is 0 Å². The zero-order valence-electron chi connectivity index (χ0n) is 13.6. The summed E-state index contributed by atoms with van der Waals surface area (Å²) in [6.45, 7) is 9.82. The molecule has 22 heavy (non-hydrogen) atoms. The standard InChI is InChI=1S/C16H22ClN3O2/c1-6-16(7-2,14(21)22)20-12-11(8-10(17)9-18-12)19-13(20)15(3,4)5/h8-9H,6-7H2,1-5H3,(H,21,22). The predicted octanol–water partition coefficient (Wildman–Crippen LogP) is 3.98. The van der Waals surface area contributed by atoms with Crippen LogP contribution in [0.2, 0.25) is 5.02 Å². The van der Waals surface area contributed by atoms with E-state index in [-0.39, 0.29) is 5.41 Å². The molecule has 0 aliphatic rings. The highest BCUT2D eigenvalue weighted by molar-refractivity contribution is 6.31. The van der Waals surface area contributed by atoms with Gasteiger partial charge >= 0.3 is 5.97 Å². The van der Waals surface area contributed by atoms with E-state index in [0.717, 1.165) is 0 Å². The van der Waals surface area contributed by atoms with Crippen molar-refractivity contribution < 1.29 is 9.90 Å². The molecule has 2 heterocycles. The minimum Gasteiger partial charge on any atom is -0.479 e. The molecule has 2 aromatic heterocycles. The maximum Gasteiger partial charge on any atom is 0.329 e. The number of halogens is 1. The summed E-state index contributed by atoms with van der Waals surface area (Å²) >= 11 is 6.01. The van der Waals surface area contributed by atoms with Gasteiger partial charge in [-0.15, -0.1) is 0 Å². The largest absolute Gasteiger partial charge is 0.479 e. The van der Waals surface area contributed by atoms with Gasteiger partial charge in [0, 0.05) is 11.6 Å². The van der Waals surface area contributed by atoms with Gasteiger partial charge in [0.15, 0.2) is 5.65 Å². The van der Waals surface area contributed by atoms with Crippen molar-refractivity contribution in [3.8, 4) is 0 Å². The second kappa shape index (κ2) is 5.54. The van der Waals surface area contributed by atoms with Crippen LogP contribution in [0.25, 0.3) is 11.2 Å². The molecule has 5 nitrogen and oxygen atoms in total. The van der Waals surface area contributed by atoms with Crippen molar-refractivity contribution in [3.63, 3.8) is 0 Å². The lowest BCUT2D eigenvalue weighted by Gasteiger charge is -2.33. The molecule has 120 valence electrons. The molecule has 0 radical (unpaired) electrons. The first-order chi connectivity index (χ1) is 10.2. The third kappa shape index (κ3) is 2.47. The lowest BCUT2D eigenvalue weighted by molar-refractivity contribution is -0.148. The third-order valence-electron chi connectivity index (χ3n) is 4.13. The van der Waals surface area contributed by atoms with Crippen molar-refractivity contribution in [2.24, 2.45) is 0 Å².